The van der Waals surface area contributed by atoms with Gasteiger partial charge in [-0.3, -0.25) is 0 Å². The molecule has 0 saturated heterocycles. The number of carboxylic acid groups (broad SMARTS) is 1. The molecule has 0 spiro atoms. The summed E-state index contributed by atoms with van der Waals surface area (Å²) in [5.74, 6) is 0.388. The van der Waals surface area contributed by atoms with Gasteiger partial charge in [-0.05, 0) is 30.9 Å². The van der Waals surface area contributed by atoms with Gasteiger partial charge in [-0.15, -0.1) is 0 Å². The van der Waals surface area contributed by atoms with E-state index in [1.807, 2.05) is 0 Å². The lowest BCUT2D eigenvalue weighted by molar-refractivity contribution is 0.0660. The number of hydrogen-bond donors (Lipinski definition) is 2. The second kappa shape index (κ2) is 5.36. The van der Waals surface area contributed by atoms with Crippen molar-refractivity contribution in [3.63, 3.8) is 0 Å². The Balaban J connectivity index is 1.86. The first-order valence-electron chi connectivity index (χ1n) is 6.22. The van der Waals surface area contributed by atoms with Crippen LogP contribution in [-0.2, 0) is 6.54 Å². The highest BCUT2D eigenvalue weighted by atomic mass is 16.4. The molecule has 0 amide bonds. The van der Waals surface area contributed by atoms with Gasteiger partial charge in [0, 0.05) is 6.04 Å². The third-order valence-corrected chi connectivity index (χ3v) is 3.52. The molecule has 0 aromatic carbocycles. The summed E-state index contributed by atoms with van der Waals surface area (Å²) in [5, 5.41) is 12.2. The van der Waals surface area contributed by atoms with E-state index in [9.17, 15) is 4.79 Å². The maximum Gasteiger partial charge on any atom is 0.371 e. The maximum atomic E-state index is 10.7. The van der Waals surface area contributed by atoms with Crippen molar-refractivity contribution < 1.29 is 14.3 Å². The maximum absolute atomic E-state index is 10.7. The third-order valence-electron chi connectivity index (χ3n) is 3.52. The Morgan fingerprint density at radius 1 is 1.47 bits per heavy atom. The zero-order valence-electron chi connectivity index (χ0n) is 10.1. The minimum atomic E-state index is -1.01. The van der Waals surface area contributed by atoms with Crippen LogP contribution in [0.3, 0.4) is 0 Å². The summed E-state index contributed by atoms with van der Waals surface area (Å²) in [6.45, 7) is 2.88. The lowest BCUT2D eigenvalue weighted by Crippen LogP contribution is -2.36. The molecule has 4 nitrogen and oxygen atoms in total. The molecule has 1 saturated carbocycles. The third kappa shape index (κ3) is 3.09. The molecule has 4 heteroatoms. The molecule has 1 aliphatic carbocycles. The fraction of sp³-hybridized carbons (Fsp3) is 0.615. The molecular weight excluding hydrogens is 218 g/mol. The topological polar surface area (TPSA) is 62.5 Å². The smallest absolute Gasteiger partial charge is 0.371 e. The minimum Gasteiger partial charge on any atom is -0.475 e. The predicted octanol–water partition coefficient (Wildman–Crippen LogP) is 2.65. The van der Waals surface area contributed by atoms with Gasteiger partial charge in [0.25, 0.3) is 0 Å². The fourth-order valence-corrected chi connectivity index (χ4v) is 2.44. The van der Waals surface area contributed by atoms with E-state index in [0.29, 0.717) is 24.3 Å². The van der Waals surface area contributed by atoms with Gasteiger partial charge < -0.3 is 14.8 Å². The van der Waals surface area contributed by atoms with Gasteiger partial charge in [-0.1, -0.05) is 19.8 Å². The van der Waals surface area contributed by atoms with Crippen molar-refractivity contribution in [2.24, 2.45) is 5.92 Å². The van der Waals surface area contributed by atoms with Crippen LogP contribution in [-0.4, -0.2) is 17.1 Å². The molecule has 2 N–H and O–H groups in total. The normalized spacial score (nSPS) is 24.8. The summed E-state index contributed by atoms with van der Waals surface area (Å²) in [4.78, 5) is 10.7. The van der Waals surface area contributed by atoms with Gasteiger partial charge in [0.1, 0.15) is 5.76 Å². The average Bonchev–Trinajstić information content (AvgIpc) is 2.77. The van der Waals surface area contributed by atoms with Gasteiger partial charge in [0.2, 0.25) is 5.76 Å². The van der Waals surface area contributed by atoms with E-state index >= 15 is 0 Å². The van der Waals surface area contributed by atoms with E-state index in [4.69, 9.17) is 9.52 Å². The number of nitrogens with one attached hydrogen (secondary N) is 1. The average molecular weight is 237 g/mol. The van der Waals surface area contributed by atoms with Crippen molar-refractivity contribution in [3.8, 4) is 0 Å². The largest absolute Gasteiger partial charge is 0.475 e. The van der Waals surface area contributed by atoms with Gasteiger partial charge in [0.05, 0.1) is 6.54 Å². The zero-order chi connectivity index (χ0) is 12.3. The highest BCUT2D eigenvalue weighted by Gasteiger charge is 2.21. The van der Waals surface area contributed by atoms with E-state index in [1.54, 1.807) is 6.07 Å². The molecule has 0 bridgehead atoms. The van der Waals surface area contributed by atoms with Crippen molar-refractivity contribution in [1.82, 2.24) is 5.32 Å². The predicted molar refractivity (Wildman–Crippen MR) is 63.9 cm³/mol. The second-order valence-corrected chi connectivity index (χ2v) is 4.82. The standard InChI is InChI=1S/C13H19NO3/c1-9-4-2-3-5-11(9)14-8-10-6-7-12(17-10)13(15)16/h6-7,9,11,14H,2-5,8H2,1H3,(H,15,16). The number of carboxylic acids is 1. The zero-order valence-corrected chi connectivity index (χ0v) is 10.1. The molecule has 1 aromatic rings. The van der Waals surface area contributed by atoms with E-state index in [0.717, 1.165) is 0 Å². The Morgan fingerprint density at radius 2 is 2.24 bits per heavy atom. The number of furan rings is 1. The first kappa shape index (κ1) is 12.2. The molecule has 0 aliphatic heterocycles. The number of aromatic carboxylic acids is 1. The molecule has 2 rings (SSSR count). The first-order valence-corrected chi connectivity index (χ1v) is 6.22. The lowest BCUT2D eigenvalue weighted by Gasteiger charge is -2.29. The van der Waals surface area contributed by atoms with Gasteiger partial charge in [-0.25, -0.2) is 4.79 Å². The Bertz CT molecular complexity index is 386. The van der Waals surface area contributed by atoms with Gasteiger partial charge in [0.15, 0.2) is 0 Å². The summed E-state index contributed by atoms with van der Waals surface area (Å²) < 4.78 is 5.21. The molecule has 17 heavy (non-hydrogen) atoms. The highest BCUT2D eigenvalue weighted by molar-refractivity contribution is 5.84. The van der Waals surface area contributed by atoms with Crippen molar-refractivity contribution in [2.45, 2.75) is 45.2 Å². The summed E-state index contributed by atoms with van der Waals surface area (Å²) in [6.07, 6.45) is 5.08. The van der Waals surface area contributed by atoms with E-state index < -0.39 is 5.97 Å². The Kier molecular flexibility index (Phi) is 3.84. The fourth-order valence-electron chi connectivity index (χ4n) is 2.44. The summed E-state index contributed by atoms with van der Waals surface area (Å²) in [5.41, 5.74) is 0. The van der Waals surface area contributed by atoms with E-state index in [1.165, 1.54) is 31.7 Å². The van der Waals surface area contributed by atoms with Crippen molar-refractivity contribution in [1.29, 1.82) is 0 Å². The molecule has 1 fully saturated rings. The van der Waals surface area contributed by atoms with Crippen LogP contribution in [0.5, 0.6) is 0 Å². The number of hydrogen-bond acceptors (Lipinski definition) is 3. The Morgan fingerprint density at radius 3 is 2.88 bits per heavy atom. The summed E-state index contributed by atoms with van der Waals surface area (Å²) >= 11 is 0. The molecule has 1 heterocycles. The van der Waals surface area contributed by atoms with E-state index in [2.05, 4.69) is 12.2 Å². The van der Waals surface area contributed by atoms with Crippen LogP contribution in [0.4, 0.5) is 0 Å². The van der Waals surface area contributed by atoms with Gasteiger partial charge >= 0.3 is 5.97 Å². The van der Waals surface area contributed by atoms with Crippen molar-refractivity contribution >= 4 is 5.97 Å². The van der Waals surface area contributed by atoms with Crippen molar-refractivity contribution in [3.05, 3.63) is 23.7 Å². The molecule has 1 aliphatic rings. The van der Waals surface area contributed by atoms with Crippen LogP contribution < -0.4 is 5.32 Å². The minimum absolute atomic E-state index is 0.0125. The quantitative estimate of drug-likeness (QED) is 0.845. The monoisotopic (exact) mass is 237 g/mol. The molecule has 94 valence electrons. The van der Waals surface area contributed by atoms with Gasteiger partial charge in [-0.2, -0.15) is 0 Å². The van der Waals surface area contributed by atoms with Crippen LogP contribution in [0, 0.1) is 5.92 Å². The molecule has 1 aromatic heterocycles. The molecule has 2 unspecified atom stereocenters. The molecule has 2 atom stereocenters. The summed E-state index contributed by atoms with van der Waals surface area (Å²) in [7, 11) is 0. The van der Waals surface area contributed by atoms with E-state index in [-0.39, 0.29) is 5.76 Å². The lowest BCUT2D eigenvalue weighted by atomic mass is 9.86. The highest BCUT2D eigenvalue weighted by Crippen LogP contribution is 2.24. The summed E-state index contributed by atoms with van der Waals surface area (Å²) in [6, 6.07) is 3.76. The van der Waals surface area contributed by atoms with Crippen LogP contribution in [0.1, 0.15) is 48.9 Å². The SMILES string of the molecule is CC1CCCCC1NCc1ccc(C(=O)O)o1. The van der Waals surface area contributed by atoms with Crippen LogP contribution >= 0.6 is 0 Å². The van der Waals surface area contributed by atoms with Crippen LogP contribution in [0.15, 0.2) is 16.5 Å². The first-order chi connectivity index (χ1) is 8.16. The van der Waals surface area contributed by atoms with Crippen LogP contribution in [0.25, 0.3) is 0 Å². The Labute approximate surface area is 101 Å². The number of carbonyl (C=O) groups is 1. The number of rotatable bonds is 4. The molecular formula is C13H19NO3. The second-order valence-electron chi connectivity index (χ2n) is 4.82. The van der Waals surface area contributed by atoms with Crippen LogP contribution in [0.2, 0.25) is 0 Å². The Hall–Kier alpha value is -1.29. The molecule has 0 radical (unpaired) electrons. The van der Waals surface area contributed by atoms with Crippen molar-refractivity contribution in [2.75, 3.05) is 0 Å².